The van der Waals surface area contributed by atoms with Crippen LogP contribution in [0.3, 0.4) is 0 Å². The van der Waals surface area contributed by atoms with E-state index in [1.54, 1.807) is 32.4 Å². The third-order valence-corrected chi connectivity index (χ3v) is 6.19. The molecular formula is C29H33N3O4. The van der Waals surface area contributed by atoms with E-state index < -0.39 is 0 Å². The minimum Gasteiger partial charge on any atom is -0.493 e. The number of carbonyl (C=O) groups is 1. The summed E-state index contributed by atoms with van der Waals surface area (Å²) in [6, 6.07) is 19.4. The predicted molar refractivity (Wildman–Crippen MR) is 141 cm³/mol. The summed E-state index contributed by atoms with van der Waals surface area (Å²) < 4.78 is 18.9. The van der Waals surface area contributed by atoms with Crippen molar-refractivity contribution in [3.8, 4) is 17.2 Å². The van der Waals surface area contributed by atoms with Crippen molar-refractivity contribution < 1.29 is 19.0 Å². The number of nitrogens with one attached hydrogen (secondary N) is 1. The van der Waals surface area contributed by atoms with Gasteiger partial charge in [-0.25, -0.2) is 4.98 Å². The number of ether oxygens (including phenoxy) is 3. The van der Waals surface area contributed by atoms with Gasteiger partial charge < -0.3 is 24.1 Å². The molecule has 7 nitrogen and oxygen atoms in total. The summed E-state index contributed by atoms with van der Waals surface area (Å²) in [5.41, 5.74) is 4.85. The summed E-state index contributed by atoms with van der Waals surface area (Å²) >= 11 is 0. The number of hydrogen-bond donors (Lipinski definition) is 1. The summed E-state index contributed by atoms with van der Waals surface area (Å²) in [6.07, 6.45) is 1.46. The molecule has 0 saturated carbocycles. The van der Waals surface area contributed by atoms with Crippen LogP contribution in [0, 0.1) is 13.8 Å². The van der Waals surface area contributed by atoms with Crippen LogP contribution in [0.4, 0.5) is 0 Å². The van der Waals surface area contributed by atoms with Crippen molar-refractivity contribution >= 4 is 16.9 Å². The van der Waals surface area contributed by atoms with Crippen LogP contribution in [0.1, 0.15) is 33.7 Å². The molecule has 0 bridgehead atoms. The third kappa shape index (κ3) is 5.62. The molecule has 1 aromatic heterocycles. The summed E-state index contributed by atoms with van der Waals surface area (Å²) in [5, 5.41) is 3.00. The van der Waals surface area contributed by atoms with Crippen molar-refractivity contribution in [2.75, 3.05) is 27.4 Å². The number of rotatable bonds is 11. The average Bonchev–Trinajstić information content (AvgIpc) is 3.24. The van der Waals surface area contributed by atoms with E-state index in [1.165, 1.54) is 0 Å². The van der Waals surface area contributed by atoms with Crippen LogP contribution >= 0.6 is 0 Å². The van der Waals surface area contributed by atoms with Gasteiger partial charge in [-0.15, -0.1) is 0 Å². The van der Waals surface area contributed by atoms with Gasteiger partial charge in [-0.1, -0.05) is 30.3 Å². The number of benzene rings is 3. The van der Waals surface area contributed by atoms with Gasteiger partial charge >= 0.3 is 0 Å². The number of para-hydroxylation sites is 3. The predicted octanol–water partition coefficient (Wildman–Crippen LogP) is 5.11. The lowest BCUT2D eigenvalue weighted by molar-refractivity contribution is 0.0953. The fourth-order valence-corrected chi connectivity index (χ4v) is 4.36. The largest absolute Gasteiger partial charge is 0.493 e. The van der Waals surface area contributed by atoms with E-state index in [2.05, 4.69) is 41.9 Å². The Hall–Kier alpha value is -4.00. The molecule has 0 atom stereocenters. The molecule has 1 N–H and O–H groups in total. The molecule has 1 heterocycles. The molecule has 0 spiro atoms. The van der Waals surface area contributed by atoms with Gasteiger partial charge in [0.05, 0.1) is 31.9 Å². The molecule has 3 aromatic carbocycles. The number of imidazole rings is 1. The minimum atomic E-state index is -0.166. The first kappa shape index (κ1) is 25.1. The lowest BCUT2D eigenvalue weighted by atomic mass is 10.1. The van der Waals surface area contributed by atoms with Crippen LogP contribution in [0.5, 0.6) is 17.2 Å². The topological polar surface area (TPSA) is 74.6 Å². The van der Waals surface area contributed by atoms with Crippen molar-refractivity contribution in [1.82, 2.24) is 14.9 Å². The fourth-order valence-electron chi connectivity index (χ4n) is 4.36. The molecule has 0 fully saturated rings. The highest BCUT2D eigenvalue weighted by atomic mass is 16.5. The molecule has 36 heavy (non-hydrogen) atoms. The SMILES string of the molecule is COc1ccc(C(=O)NCCc2nc3ccccc3n2CCCOc2c(C)cccc2C)cc1OC. The maximum Gasteiger partial charge on any atom is 0.251 e. The van der Waals surface area contributed by atoms with Crippen molar-refractivity contribution in [1.29, 1.82) is 0 Å². The van der Waals surface area contributed by atoms with Gasteiger partial charge in [0.2, 0.25) is 0 Å². The van der Waals surface area contributed by atoms with Gasteiger partial charge in [0.15, 0.2) is 11.5 Å². The van der Waals surface area contributed by atoms with Gasteiger partial charge in [-0.05, 0) is 61.7 Å². The molecule has 7 heteroatoms. The van der Waals surface area contributed by atoms with Crippen LogP contribution in [-0.4, -0.2) is 42.8 Å². The van der Waals surface area contributed by atoms with Gasteiger partial charge in [0.1, 0.15) is 11.6 Å². The highest BCUT2D eigenvalue weighted by Crippen LogP contribution is 2.27. The van der Waals surface area contributed by atoms with Crippen LogP contribution < -0.4 is 19.5 Å². The number of fused-ring (bicyclic) bond motifs is 1. The lowest BCUT2D eigenvalue weighted by Crippen LogP contribution is -2.26. The maximum absolute atomic E-state index is 12.7. The first-order chi connectivity index (χ1) is 17.5. The first-order valence-corrected chi connectivity index (χ1v) is 12.1. The van der Waals surface area contributed by atoms with Crippen LogP contribution in [0.25, 0.3) is 11.0 Å². The van der Waals surface area contributed by atoms with E-state index in [4.69, 9.17) is 19.2 Å². The highest BCUT2D eigenvalue weighted by molar-refractivity contribution is 5.94. The van der Waals surface area contributed by atoms with Crippen molar-refractivity contribution in [3.63, 3.8) is 0 Å². The van der Waals surface area contributed by atoms with Crippen molar-refractivity contribution in [3.05, 3.63) is 83.2 Å². The summed E-state index contributed by atoms with van der Waals surface area (Å²) in [5.74, 6) is 2.85. The van der Waals surface area contributed by atoms with E-state index in [0.717, 1.165) is 46.7 Å². The van der Waals surface area contributed by atoms with Gasteiger partial charge in [-0.2, -0.15) is 0 Å². The normalized spacial score (nSPS) is 10.9. The number of carbonyl (C=O) groups excluding carboxylic acids is 1. The number of amides is 1. The zero-order chi connectivity index (χ0) is 25.5. The van der Waals surface area contributed by atoms with E-state index >= 15 is 0 Å². The van der Waals surface area contributed by atoms with Gasteiger partial charge in [0.25, 0.3) is 5.91 Å². The Bertz CT molecular complexity index is 1330. The molecule has 0 radical (unpaired) electrons. The standard InChI is InChI=1S/C29H33N3O4/c1-20-9-7-10-21(2)28(20)36-18-8-17-32-24-12-6-5-11-23(24)31-27(32)15-16-30-29(33)22-13-14-25(34-3)26(19-22)35-4/h5-7,9-14,19H,8,15-18H2,1-4H3,(H,30,33). The van der Waals surface area contributed by atoms with Crippen molar-refractivity contribution in [2.45, 2.75) is 33.2 Å². The molecule has 0 aliphatic heterocycles. The Labute approximate surface area is 212 Å². The molecular weight excluding hydrogens is 454 g/mol. The number of methoxy groups -OCH3 is 2. The number of hydrogen-bond acceptors (Lipinski definition) is 5. The fraction of sp³-hybridized carbons (Fsp3) is 0.310. The monoisotopic (exact) mass is 487 g/mol. The molecule has 0 unspecified atom stereocenters. The molecule has 188 valence electrons. The van der Waals surface area contributed by atoms with Crippen LogP contribution in [0.15, 0.2) is 60.7 Å². The Morgan fingerprint density at radius 2 is 1.69 bits per heavy atom. The van der Waals surface area contributed by atoms with E-state index in [-0.39, 0.29) is 5.91 Å². The minimum absolute atomic E-state index is 0.166. The quantitative estimate of drug-likeness (QED) is 0.298. The average molecular weight is 488 g/mol. The second kappa shape index (κ2) is 11.6. The third-order valence-electron chi connectivity index (χ3n) is 6.19. The zero-order valence-electron chi connectivity index (χ0n) is 21.3. The van der Waals surface area contributed by atoms with Gasteiger partial charge in [0, 0.05) is 25.1 Å². The number of aromatic nitrogens is 2. The Morgan fingerprint density at radius 1 is 0.944 bits per heavy atom. The molecule has 4 rings (SSSR count). The molecule has 0 aliphatic rings. The van der Waals surface area contributed by atoms with Crippen LogP contribution in [0.2, 0.25) is 0 Å². The molecule has 0 saturated heterocycles. The van der Waals surface area contributed by atoms with E-state index in [0.29, 0.717) is 36.6 Å². The Kier molecular flexibility index (Phi) is 8.10. The molecule has 1 amide bonds. The maximum atomic E-state index is 12.7. The Morgan fingerprint density at radius 3 is 2.44 bits per heavy atom. The number of aryl methyl sites for hydroxylation is 3. The summed E-state index contributed by atoms with van der Waals surface area (Å²) in [6.45, 7) is 6.01. The summed E-state index contributed by atoms with van der Waals surface area (Å²) in [4.78, 5) is 17.5. The second-order valence-corrected chi connectivity index (χ2v) is 8.67. The molecule has 0 aliphatic carbocycles. The van der Waals surface area contributed by atoms with E-state index in [1.807, 2.05) is 24.3 Å². The first-order valence-electron chi connectivity index (χ1n) is 12.1. The van der Waals surface area contributed by atoms with E-state index in [9.17, 15) is 4.79 Å². The zero-order valence-corrected chi connectivity index (χ0v) is 21.3. The van der Waals surface area contributed by atoms with Crippen LogP contribution in [-0.2, 0) is 13.0 Å². The second-order valence-electron chi connectivity index (χ2n) is 8.67. The van der Waals surface area contributed by atoms with Crippen molar-refractivity contribution in [2.24, 2.45) is 0 Å². The smallest absolute Gasteiger partial charge is 0.251 e. The molecule has 4 aromatic rings. The Balaban J connectivity index is 1.39. The lowest BCUT2D eigenvalue weighted by Gasteiger charge is -2.13. The summed E-state index contributed by atoms with van der Waals surface area (Å²) in [7, 11) is 3.12. The van der Waals surface area contributed by atoms with Gasteiger partial charge in [-0.3, -0.25) is 4.79 Å². The highest BCUT2D eigenvalue weighted by Gasteiger charge is 2.13. The number of nitrogens with zero attached hydrogens (tertiary/aromatic N) is 2.